The molecule has 0 radical (unpaired) electrons. The van der Waals surface area contributed by atoms with E-state index >= 15 is 0 Å². The van der Waals surface area contributed by atoms with E-state index in [4.69, 9.17) is 20.5 Å². The quantitative estimate of drug-likeness (QED) is 0.236. The number of halogens is 2. The molecule has 0 spiro atoms. The fourth-order valence-electron chi connectivity index (χ4n) is 3.67. The molecular weight excluding hydrogens is 547 g/mol. The molecule has 0 aliphatic heterocycles. The van der Waals surface area contributed by atoms with Crippen molar-refractivity contribution in [2.45, 2.75) is 66.2 Å². The molecule has 1 aromatic heterocycles. The second-order valence-corrected chi connectivity index (χ2v) is 12.4. The van der Waals surface area contributed by atoms with Crippen LogP contribution in [-0.2, 0) is 29.0 Å². The number of hydrogen-bond donors (Lipinski definition) is 0. The zero-order valence-electron chi connectivity index (χ0n) is 23.0. The minimum atomic E-state index is -2.79. The molecule has 3 aromatic rings. The standard InChI is InChI=1S/2C12H18O2.C5H4O.2ClH.Ti/c2*1-5-14-9-6-7-11(13)10(8-9)12(2,3)4;1-5-3-2-4-6-5;;;/h2*6-8,13H,5H2,1-4H3;1-4H;2*1H;/q;;;;;+2/p-2. The first-order valence-electron chi connectivity index (χ1n) is 12.2. The first-order chi connectivity index (χ1) is 16.5. The molecule has 0 saturated carbocycles. The summed E-state index contributed by atoms with van der Waals surface area (Å²) in [6.45, 7) is 18.2. The van der Waals surface area contributed by atoms with Gasteiger partial charge in [-0.25, -0.2) is 0 Å². The maximum atomic E-state index is 6.67. The molecular formula is C29H40Cl2O5Ti. The van der Waals surface area contributed by atoms with Crippen molar-refractivity contribution in [1.82, 2.24) is 0 Å². The van der Waals surface area contributed by atoms with Gasteiger partial charge in [-0.15, -0.1) is 24.8 Å². The number of hydrogen-bond acceptors (Lipinski definition) is 5. The summed E-state index contributed by atoms with van der Waals surface area (Å²) < 4.78 is 32.5. The van der Waals surface area contributed by atoms with E-state index in [0.717, 1.165) is 39.9 Å². The van der Waals surface area contributed by atoms with Crippen molar-refractivity contribution in [3.05, 3.63) is 71.7 Å². The van der Waals surface area contributed by atoms with E-state index in [1.807, 2.05) is 54.6 Å². The predicted molar refractivity (Wildman–Crippen MR) is 152 cm³/mol. The molecule has 204 valence electrons. The third-order valence-corrected chi connectivity index (χ3v) is 7.49. The van der Waals surface area contributed by atoms with Gasteiger partial charge >= 0.3 is 217 Å². The van der Waals surface area contributed by atoms with Crippen LogP contribution in [0.2, 0.25) is 0 Å². The summed E-state index contributed by atoms with van der Waals surface area (Å²) in [6, 6.07) is 15.8. The van der Waals surface area contributed by atoms with E-state index in [1.165, 1.54) is 0 Å². The molecule has 1 heterocycles. The summed E-state index contributed by atoms with van der Waals surface area (Å²) >= 11 is -2.79. The van der Waals surface area contributed by atoms with Gasteiger partial charge in [0, 0.05) is 0 Å². The third-order valence-electron chi connectivity index (χ3n) is 5.36. The second kappa shape index (κ2) is 14.3. The van der Waals surface area contributed by atoms with Gasteiger partial charge in [-0.1, -0.05) is 0 Å². The van der Waals surface area contributed by atoms with Crippen LogP contribution in [0, 0.1) is 0 Å². The van der Waals surface area contributed by atoms with E-state index < -0.39 is 18.2 Å². The topological polar surface area (TPSA) is 50.1 Å². The van der Waals surface area contributed by atoms with Gasteiger partial charge in [0.1, 0.15) is 0 Å². The molecule has 0 atom stereocenters. The molecule has 3 rings (SSSR count). The average molecular weight is 587 g/mol. The summed E-state index contributed by atoms with van der Waals surface area (Å²) in [5.41, 5.74) is 1.89. The van der Waals surface area contributed by atoms with Gasteiger partial charge in [-0.2, -0.15) is 0 Å². The molecule has 0 aliphatic rings. The minimum Gasteiger partial charge on any atom is -0.147 e. The Hall–Kier alpha value is -1.92. The Balaban J connectivity index is 0.00000342. The number of ether oxygens (including phenoxy) is 2. The second-order valence-electron chi connectivity index (χ2n) is 10.4. The summed E-state index contributed by atoms with van der Waals surface area (Å²) in [7, 11) is 0. The van der Waals surface area contributed by atoms with Gasteiger partial charge in [0.15, 0.2) is 0 Å². The molecule has 5 nitrogen and oxygen atoms in total. The van der Waals surface area contributed by atoms with Crippen molar-refractivity contribution in [3.63, 3.8) is 0 Å². The minimum absolute atomic E-state index is 0. The molecule has 0 fully saturated rings. The first-order valence-corrected chi connectivity index (χ1v) is 14.3. The van der Waals surface area contributed by atoms with Crippen molar-refractivity contribution >= 4 is 29.1 Å². The Morgan fingerprint density at radius 1 is 0.730 bits per heavy atom. The van der Waals surface area contributed by atoms with Gasteiger partial charge in [0.05, 0.1) is 0 Å². The van der Waals surface area contributed by atoms with Crippen molar-refractivity contribution in [2.75, 3.05) is 13.2 Å². The number of furan rings is 1. The Morgan fingerprint density at radius 3 is 1.54 bits per heavy atom. The number of benzene rings is 2. The van der Waals surface area contributed by atoms with E-state index in [-0.39, 0.29) is 35.6 Å². The molecule has 0 aliphatic carbocycles. The fourth-order valence-corrected chi connectivity index (χ4v) is 5.77. The maximum Gasteiger partial charge on any atom is -0.147 e. The van der Waals surface area contributed by atoms with Crippen LogP contribution in [0.25, 0.3) is 0 Å². The molecule has 0 N–H and O–H groups in total. The Kier molecular flexibility index (Phi) is 12.8. The fraction of sp³-hybridized carbons (Fsp3) is 0.414. The van der Waals surface area contributed by atoms with E-state index in [2.05, 4.69) is 53.7 Å². The van der Waals surface area contributed by atoms with Crippen molar-refractivity contribution in [2.24, 2.45) is 0 Å². The van der Waals surface area contributed by atoms with Crippen LogP contribution in [-0.4, -0.2) is 17.5 Å². The summed E-state index contributed by atoms with van der Waals surface area (Å²) in [6.07, 6.45) is 1.66. The largest absolute Gasteiger partial charge is 0.147 e. The zero-order valence-corrected chi connectivity index (χ0v) is 26.2. The molecule has 8 heteroatoms. The number of rotatable bonds is 9. The summed E-state index contributed by atoms with van der Waals surface area (Å²) in [4.78, 5) is 0. The molecule has 0 bridgehead atoms. The Bertz CT molecular complexity index is 1070. The third kappa shape index (κ3) is 9.40. The van der Waals surface area contributed by atoms with Gasteiger partial charge in [-0.05, 0) is 0 Å². The van der Waals surface area contributed by atoms with Crippen LogP contribution >= 0.6 is 24.8 Å². The molecule has 2 aromatic carbocycles. The molecule has 0 unspecified atom stereocenters. The van der Waals surface area contributed by atoms with Crippen LogP contribution in [0.4, 0.5) is 0 Å². The van der Waals surface area contributed by atoms with Gasteiger partial charge in [0.25, 0.3) is 0 Å². The van der Waals surface area contributed by atoms with E-state index in [1.54, 1.807) is 6.26 Å². The van der Waals surface area contributed by atoms with Crippen molar-refractivity contribution < 1.29 is 38.7 Å². The van der Waals surface area contributed by atoms with Crippen molar-refractivity contribution in [1.29, 1.82) is 0 Å². The van der Waals surface area contributed by atoms with Gasteiger partial charge in [-0.3, -0.25) is 0 Å². The summed E-state index contributed by atoms with van der Waals surface area (Å²) in [5, 5.41) is 0. The maximum absolute atomic E-state index is 6.67. The van der Waals surface area contributed by atoms with E-state index in [9.17, 15) is 0 Å². The Morgan fingerprint density at radius 2 is 1.19 bits per heavy atom. The van der Waals surface area contributed by atoms with E-state index in [0.29, 0.717) is 13.2 Å². The van der Waals surface area contributed by atoms with Crippen LogP contribution in [0.15, 0.2) is 59.2 Å². The predicted octanol–water partition coefficient (Wildman–Crippen LogP) is 8.27. The molecule has 0 amide bonds. The smallest absolute Gasteiger partial charge is 0.147 e. The van der Waals surface area contributed by atoms with Crippen molar-refractivity contribution in [3.8, 4) is 23.0 Å². The first kappa shape index (κ1) is 33.1. The molecule has 0 saturated heterocycles. The van der Waals surface area contributed by atoms with Crippen LogP contribution in [0.3, 0.4) is 0 Å². The average Bonchev–Trinajstić information content (AvgIpc) is 3.28. The normalized spacial score (nSPS) is 11.0. The summed E-state index contributed by atoms with van der Waals surface area (Å²) in [5.74, 6) is 4.03. The SMILES string of the molecule is CCOc1ccc([O][Ti](=[CH]c2ccco2)[O]c2ccc(OCC)cc2C(C)(C)C)c(C(C)(C)C)c1.Cl.Cl. The monoisotopic (exact) mass is 586 g/mol. The molecule has 37 heavy (non-hydrogen) atoms. The van der Waals surface area contributed by atoms with Crippen LogP contribution in [0.1, 0.15) is 72.3 Å². The van der Waals surface area contributed by atoms with Crippen LogP contribution < -0.4 is 16.1 Å². The Labute approximate surface area is 241 Å². The zero-order chi connectivity index (χ0) is 25.6. The van der Waals surface area contributed by atoms with Gasteiger partial charge < -0.3 is 0 Å². The van der Waals surface area contributed by atoms with Crippen LogP contribution in [0.5, 0.6) is 23.0 Å². The van der Waals surface area contributed by atoms with Gasteiger partial charge in [0.2, 0.25) is 0 Å².